The Bertz CT molecular complexity index is 507. The van der Waals surface area contributed by atoms with Crippen molar-refractivity contribution in [3.05, 3.63) is 34.9 Å². The number of hydrogen-bond acceptors (Lipinski definition) is 5. The third-order valence-corrected chi connectivity index (χ3v) is 4.67. The van der Waals surface area contributed by atoms with Crippen molar-refractivity contribution < 1.29 is 23.7 Å². The number of Topliss-reactive ketones (excluding diaryl/α,β-unsaturated/α-hetero) is 1. The first-order valence-electron chi connectivity index (χ1n) is 8.03. The molecule has 1 aromatic carbocycles. The monoisotopic (exact) mass is 356 g/mol. The van der Waals surface area contributed by atoms with Gasteiger partial charge in [0.25, 0.3) is 0 Å². The summed E-state index contributed by atoms with van der Waals surface area (Å²) in [6, 6.07) is 7.65. The maximum absolute atomic E-state index is 13.0. The SMILES string of the molecule is COCOCC1(COCOC)CCC(Cc2ccc(Cl)cc2)C1=O. The number of methoxy groups -OCH3 is 2. The third-order valence-electron chi connectivity index (χ3n) is 4.42. The van der Waals surface area contributed by atoms with Gasteiger partial charge < -0.3 is 18.9 Å². The Morgan fingerprint density at radius 2 is 1.67 bits per heavy atom. The maximum Gasteiger partial charge on any atom is 0.147 e. The summed E-state index contributed by atoms with van der Waals surface area (Å²) in [5, 5.41) is 0.701. The zero-order chi connectivity index (χ0) is 17.4. The number of ketones is 1. The molecule has 134 valence electrons. The molecule has 0 aliphatic heterocycles. The van der Waals surface area contributed by atoms with Crippen LogP contribution in [0.25, 0.3) is 0 Å². The van der Waals surface area contributed by atoms with E-state index in [1.165, 1.54) is 0 Å². The van der Waals surface area contributed by atoms with Crippen LogP contribution in [0.1, 0.15) is 18.4 Å². The Kier molecular flexibility index (Phi) is 7.65. The third kappa shape index (κ3) is 5.01. The Balaban J connectivity index is 2.02. The highest BCUT2D eigenvalue weighted by molar-refractivity contribution is 6.30. The van der Waals surface area contributed by atoms with E-state index in [4.69, 9.17) is 30.5 Å². The van der Waals surface area contributed by atoms with Crippen molar-refractivity contribution in [3.8, 4) is 0 Å². The first-order valence-corrected chi connectivity index (χ1v) is 8.41. The average Bonchev–Trinajstić information content (AvgIpc) is 2.88. The second-order valence-corrected chi connectivity index (χ2v) is 6.66. The molecule has 0 bridgehead atoms. The lowest BCUT2D eigenvalue weighted by atomic mass is 9.84. The molecule has 2 rings (SSSR count). The summed E-state index contributed by atoms with van der Waals surface area (Å²) in [6.45, 7) is 0.948. The Morgan fingerprint density at radius 3 is 2.21 bits per heavy atom. The Morgan fingerprint density at radius 1 is 1.08 bits per heavy atom. The first kappa shape index (κ1) is 19.3. The molecule has 0 amide bonds. The van der Waals surface area contributed by atoms with Crippen molar-refractivity contribution in [1.29, 1.82) is 0 Å². The molecule has 1 aliphatic carbocycles. The fourth-order valence-electron chi connectivity index (χ4n) is 3.21. The smallest absolute Gasteiger partial charge is 0.147 e. The van der Waals surface area contributed by atoms with Crippen molar-refractivity contribution in [2.45, 2.75) is 19.3 Å². The molecule has 1 unspecified atom stereocenters. The number of carbonyl (C=O) groups is 1. The second kappa shape index (κ2) is 9.49. The van der Waals surface area contributed by atoms with Gasteiger partial charge in [0.15, 0.2) is 0 Å². The highest BCUT2D eigenvalue weighted by Gasteiger charge is 2.48. The van der Waals surface area contributed by atoms with Gasteiger partial charge in [0.05, 0.1) is 18.6 Å². The van der Waals surface area contributed by atoms with E-state index < -0.39 is 5.41 Å². The van der Waals surface area contributed by atoms with Crippen LogP contribution in [0.4, 0.5) is 0 Å². The molecule has 1 fully saturated rings. The van der Waals surface area contributed by atoms with Crippen LogP contribution in [0.5, 0.6) is 0 Å². The maximum atomic E-state index is 13.0. The Hall–Kier alpha value is -0.980. The predicted molar refractivity (Wildman–Crippen MR) is 91.0 cm³/mol. The predicted octanol–water partition coefficient (Wildman–Crippen LogP) is 3.09. The van der Waals surface area contributed by atoms with Crippen LogP contribution in [0, 0.1) is 11.3 Å². The van der Waals surface area contributed by atoms with Crippen LogP contribution in [-0.4, -0.2) is 46.8 Å². The van der Waals surface area contributed by atoms with Crippen LogP contribution in [0.2, 0.25) is 5.02 Å². The summed E-state index contributed by atoms with van der Waals surface area (Å²) < 4.78 is 20.9. The van der Waals surface area contributed by atoms with Gasteiger partial charge in [-0.1, -0.05) is 23.7 Å². The van der Waals surface area contributed by atoms with Gasteiger partial charge in [-0.2, -0.15) is 0 Å². The molecule has 6 heteroatoms. The van der Waals surface area contributed by atoms with Crippen LogP contribution in [0.15, 0.2) is 24.3 Å². The zero-order valence-corrected chi connectivity index (χ0v) is 15.0. The minimum absolute atomic E-state index is 0.0246. The van der Waals surface area contributed by atoms with Gasteiger partial charge >= 0.3 is 0 Å². The molecule has 0 N–H and O–H groups in total. The van der Waals surface area contributed by atoms with Crippen LogP contribution in [0.3, 0.4) is 0 Å². The molecule has 0 spiro atoms. The molecule has 1 aliphatic rings. The number of ether oxygens (including phenoxy) is 4. The lowest BCUT2D eigenvalue weighted by Crippen LogP contribution is -2.39. The summed E-state index contributed by atoms with van der Waals surface area (Å²) in [4.78, 5) is 13.0. The van der Waals surface area contributed by atoms with E-state index in [0.717, 1.165) is 18.4 Å². The lowest BCUT2D eigenvalue weighted by molar-refractivity contribution is -0.146. The van der Waals surface area contributed by atoms with Gasteiger partial charge in [0, 0.05) is 25.2 Å². The number of hydrogen-bond donors (Lipinski definition) is 0. The van der Waals surface area contributed by atoms with Gasteiger partial charge in [0.2, 0.25) is 0 Å². The summed E-state index contributed by atoms with van der Waals surface area (Å²) in [5.41, 5.74) is 0.498. The zero-order valence-electron chi connectivity index (χ0n) is 14.3. The van der Waals surface area contributed by atoms with Crippen molar-refractivity contribution in [2.24, 2.45) is 11.3 Å². The minimum Gasteiger partial charge on any atom is -0.359 e. The van der Waals surface area contributed by atoms with Gasteiger partial charge in [-0.25, -0.2) is 0 Å². The largest absolute Gasteiger partial charge is 0.359 e. The van der Waals surface area contributed by atoms with E-state index >= 15 is 0 Å². The average molecular weight is 357 g/mol. The molecule has 1 aromatic rings. The van der Waals surface area contributed by atoms with E-state index in [0.29, 0.717) is 24.7 Å². The van der Waals surface area contributed by atoms with Crippen molar-refractivity contribution in [2.75, 3.05) is 41.0 Å². The molecule has 0 saturated heterocycles. The highest BCUT2D eigenvalue weighted by atomic mass is 35.5. The van der Waals surface area contributed by atoms with Crippen LogP contribution in [-0.2, 0) is 30.2 Å². The van der Waals surface area contributed by atoms with E-state index in [1.54, 1.807) is 14.2 Å². The van der Waals surface area contributed by atoms with Crippen molar-refractivity contribution in [3.63, 3.8) is 0 Å². The van der Waals surface area contributed by atoms with Gasteiger partial charge in [-0.15, -0.1) is 0 Å². The second-order valence-electron chi connectivity index (χ2n) is 6.22. The lowest BCUT2D eigenvalue weighted by Gasteiger charge is -2.27. The van der Waals surface area contributed by atoms with E-state index in [1.807, 2.05) is 24.3 Å². The standard InChI is InChI=1S/C18H25ClO5/c1-21-12-23-10-18(11-24-13-22-2)8-7-15(17(18)20)9-14-3-5-16(19)6-4-14/h3-6,15H,7-13H2,1-2H3. The van der Waals surface area contributed by atoms with Gasteiger partial charge in [-0.3, -0.25) is 4.79 Å². The van der Waals surface area contributed by atoms with E-state index in [-0.39, 0.29) is 25.3 Å². The molecule has 0 radical (unpaired) electrons. The fraction of sp³-hybridized carbons (Fsp3) is 0.611. The number of rotatable bonds is 10. The molecule has 5 nitrogen and oxygen atoms in total. The van der Waals surface area contributed by atoms with E-state index in [2.05, 4.69) is 0 Å². The molecular formula is C18H25ClO5. The molecular weight excluding hydrogens is 332 g/mol. The quantitative estimate of drug-likeness (QED) is 0.476. The fourth-order valence-corrected chi connectivity index (χ4v) is 3.33. The molecule has 0 heterocycles. The number of halogens is 1. The molecule has 1 atom stereocenters. The van der Waals surface area contributed by atoms with Gasteiger partial charge in [-0.05, 0) is 37.0 Å². The summed E-state index contributed by atoms with van der Waals surface area (Å²) in [7, 11) is 3.13. The summed E-state index contributed by atoms with van der Waals surface area (Å²) >= 11 is 5.92. The molecule has 24 heavy (non-hydrogen) atoms. The van der Waals surface area contributed by atoms with Crippen molar-refractivity contribution in [1.82, 2.24) is 0 Å². The summed E-state index contributed by atoms with van der Waals surface area (Å²) in [6.07, 6.45) is 2.29. The molecule has 1 saturated carbocycles. The normalized spacial score (nSPS) is 19.8. The summed E-state index contributed by atoms with van der Waals surface area (Å²) in [5.74, 6) is 0.174. The van der Waals surface area contributed by atoms with Crippen LogP contribution >= 0.6 is 11.6 Å². The van der Waals surface area contributed by atoms with Crippen LogP contribution < -0.4 is 0 Å². The van der Waals surface area contributed by atoms with Crippen molar-refractivity contribution >= 4 is 17.4 Å². The number of carbonyl (C=O) groups excluding carboxylic acids is 1. The highest BCUT2D eigenvalue weighted by Crippen LogP contribution is 2.40. The topological polar surface area (TPSA) is 54.0 Å². The van der Waals surface area contributed by atoms with Gasteiger partial charge in [0.1, 0.15) is 19.4 Å². The molecule has 0 aromatic heterocycles. The first-order chi connectivity index (χ1) is 11.6. The van der Waals surface area contributed by atoms with E-state index in [9.17, 15) is 4.79 Å². The Labute approximate surface area is 148 Å². The minimum atomic E-state index is -0.617. The number of benzene rings is 1.